The Labute approximate surface area is 138 Å². The predicted molar refractivity (Wildman–Crippen MR) is 95.4 cm³/mol. The Morgan fingerprint density at radius 3 is 1.00 bits per heavy atom. The fraction of sp³-hybridized carbons (Fsp3) is 0.182. The lowest BCUT2D eigenvalue weighted by Gasteiger charge is -2.29. The zero-order valence-corrected chi connectivity index (χ0v) is 13.2. The Balaban J connectivity index is 1.85. The van der Waals surface area contributed by atoms with Crippen molar-refractivity contribution in [1.29, 1.82) is 0 Å². The van der Waals surface area contributed by atoms with Gasteiger partial charge in [-0.1, -0.05) is 91.0 Å². The first-order valence-electron chi connectivity index (χ1n) is 8.08. The molecule has 3 aromatic carbocycles. The van der Waals surface area contributed by atoms with Crippen LogP contribution in [0.5, 0.6) is 0 Å². The lowest BCUT2D eigenvalue weighted by atomic mass is 9.83. The van der Waals surface area contributed by atoms with Gasteiger partial charge in [-0.15, -0.1) is 0 Å². The first kappa shape index (κ1) is 15.5. The molecule has 1 heteroatoms. The lowest BCUT2D eigenvalue weighted by molar-refractivity contribution is 0.0411. The van der Waals surface area contributed by atoms with E-state index in [4.69, 9.17) is 0 Å². The molecule has 0 radical (unpaired) electrons. The van der Waals surface area contributed by atoms with Crippen LogP contribution in [0.3, 0.4) is 0 Å². The maximum Gasteiger partial charge on any atom is 0.0768 e. The number of benzene rings is 3. The third kappa shape index (κ3) is 4.54. The topological polar surface area (TPSA) is 20.2 Å². The average molecular weight is 302 g/mol. The highest BCUT2D eigenvalue weighted by molar-refractivity contribution is 5.25. The molecule has 0 amide bonds. The van der Waals surface area contributed by atoms with Gasteiger partial charge in [-0.2, -0.15) is 0 Å². The Bertz CT molecular complexity index is 603. The van der Waals surface area contributed by atoms with E-state index < -0.39 is 5.60 Å². The zero-order chi connectivity index (χ0) is 16.0. The second-order valence-electron chi connectivity index (χ2n) is 6.21. The minimum absolute atomic E-state index is 0.650. The van der Waals surface area contributed by atoms with E-state index in [0.717, 1.165) is 0 Å². The van der Waals surface area contributed by atoms with Gasteiger partial charge >= 0.3 is 0 Å². The maximum absolute atomic E-state index is 11.4. The first-order valence-corrected chi connectivity index (χ1v) is 8.08. The van der Waals surface area contributed by atoms with Crippen LogP contribution in [0.25, 0.3) is 0 Å². The minimum atomic E-state index is -0.788. The van der Waals surface area contributed by atoms with Crippen molar-refractivity contribution in [1.82, 2.24) is 0 Å². The molecule has 0 atom stereocenters. The van der Waals surface area contributed by atoms with Crippen molar-refractivity contribution in [2.45, 2.75) is 24.9 Å². The van der Waals surface area contributed by atoms with Crippen molar-refractivity contribution in [2.24, 2.45) is 0 Å². The van der Waals surface area contributed by atoms with Gasteiger partial charge in [0.2, 0.25) is 0 Å². The lowest BCUT2D eigenvalue weighted by Crippen LogP contribution is -2.36. The maximum atomic E-state index is 11.4. The van der Waals surface area contributed by atoms with Crippen LogP contribution in [0.1, 0.15) is 16.7 Å². The summed E-state index contributed by atoms with van der Waals surface area (Å²) in [6, 6.07) is 30.7. The highest BCUT2D eigenvalue weighted by Gasteiger charge is 2.28. The molecule has 0 aliphatic heterocycles. The molecule has 0 aliphatic rings. The number of hydrogen-bond donors (Lipinski definition) is 1. The molecule has 3 rings (SSSR count). The van der Waals surface area contributed by atoms with Crippen LogP contribution >= 0.6 is 0 Å². The molecule has 0 spiro atoms. The van der Waals surface area contributed by atoms with Gasteiger partial charge in [0.1, 0.15) is 0 Å². The van der Waals surface area contributed by atoms with E-state index in [0.29, 0.717) is 19.3 Å². The first-order chi connectivity index (χ1) is 11.2. The summed E-state index contributed by atoms with van der Waals surface area (Å²) in [6.07, 6.45) is 1.95. The Hall–Kier alpha value is -2.38. The number of aliphatic hydroxyl groups is 1. The summed E-state index contributed by atoms with van der Waals surface area (Å²) in [5.74, 6) is 0. The van der Waals surface area contributed by atoms with Gasteiger partial charge in [-0.05, 0) is 16.7 Å². The van der Waals surface area contributed by atoms with Crippen molar-refractivity contribution in [3.63, 3.8) is 0 Å². The summed E-state index contributed by atoms with van der Waals surface area (Å²) in [4.78, 5) is 0. The van der Waals surface area contributed by atoms with Crippen LogP contribution < -0.4 is 0 Å². The third-order valence-electron chi connectivity index (χ3n) is 4.13. The van der Waals surface area contributed by atoms with Crippen LogP contribution in [-0.2, 0) is 19.3 Å². The molecule has 0 saturated carbocycles. The van der Waals surface area contributed by atoms with E-state index in [1.165, 1.54) is 16.7 Å². The van der Waals surface area contributed by atoms with Crippen molar-refractivity contribution in [3.8, 4) is 0 Å². The van der Waals surface area contributed by atoms with Gasteiger partial charge in [-0.25, -0.2) is 0 Å². The van der Waals surface area contributed by atoms with Gasteiger partial charge in [-0.3, -0.25) is 0 Å². The molecule has 23 heavy (non-hydrogen) atoms. The quantitative estimate of drug-likeness (QED) is 0.713. The normalized spacial score (nSPS) is 11.3. The standard InChI is InChI=1S/C22H22O/c23-22(16-19-10-4-1-5-11-19,17-20-12-6-2-7-13-20)18-21-14-8-3-9-15-21/h1-15,23H,16-18H2. The number of rotatable bonds is 6. The van der Waals surface area contributed by atoms with E-state index in [9.17, 15) is 5.11 Å². The van der Waals surface area contributed by atoms with E-state index >= 15 is 0 Å². The van der Waals surface area contributed by atoms with Gasteiger partial charge in [0.25, 0.3) is 0 Å². The molecule has 1 N–H and O–H groups in total. The van der Waals surface area contributed by atoms with Crippen molar-refractivity contribution in [2.75, 3.05) is 0 Å². The smallest absolute Gasteiger partial charge is 0.0768 e. The number of hydrogen-bond acceptors (Lipinski definition) is 1. The van der Waals surface area contributed by atoms with Crippen molar-refractivity contribution >= 4 is 0 Å². The molecule has 1 nitrogen and oxygen atoms in total. The molecule has 0 bridgehead atoms. The summed E-state index contributed by atoms with van der Waals surface area (Å²) in [5.41, 5.74) is 2.72. The molecule has 0 aliphatic carbocycles. The monoisotopic (exact) mass is 302 g/mol. The van der Waals surface area contributed by atoms with E-state index in [1.807, 2.05) is 54.6 Å². The molecule has 0 unspecified atom stereocenters. The molecule has 0 saturated heterocycles. The largest absolute Gasteiger partial charge is 0.389 e. The summed E-state index contributed by atoms with van der Waals surface area (Å²) in [5, 5.41) is 11.4. The van der Waals surface area contributed by atoms with Crippen LogP contribution in [0.2, 0.25) is 0 Å². The van der Waals surface area contributed by atoms with E-state index in [1.54, 1.807) is 0 Å². The molecular formula is C22H22O. The molecule has 0 aromatic heterocycles. The van der Waals surface area contributed by atoms with Crippen LogP contribution in [0, 0.1) is 0 Å². The highest BCUT2D eigenvalue weighted by Crippen LogP contribution is 2.24. The molecule has 3 aromatic rings. The second-order valence-corrected chi connectivity index (χ2v) is 6.21. The summed E-state index contributed by atoms with van der Waals surface area (Å²) >= 11 is 0. The Kier molecular flexibility index (Phi) is 4.89. The SMILES string of the molecule is OC(Cc1ccccc1)(Cc1ccccc1)Cc1ccccc1. The predicted octanol–water partition coefficient (Wildman–Crippen LogP) is 4.45. The summed E-state index contributed by atoms with van der Waals surface area (Å²) < 4.78 is 0. The van der Waals surface area contributed by atoms with Gasteiger partial charge in [0.15, 0.2) is 0 Å². The Morgan fingerprint density at radius 2 is 0.739 bits per heavy atom. The second kappa shape index (κ2) is 7.26. The van der Waals surface area contributed by atoms with E-state index in [-0.39, 0.29) is 0 Å². The molecular weight excluding hydrogens is 280 g/mol. The average Bonchev–Trinajstić information content (AvgIpc) is 2.57. The van der Waals surface area contributed by atoms with Crippen molar-refractivity contribution < 1.29 is 5.11 Å². The fourth-order valence-corrected chi connectivity index (χ4v) is 3.11. The fourth-order valence-electron chi connectivity index (χ4n) is 3.11. The highest BCUT2D eigenvalue weighted by atomic mass is 16.3. The van der Waals surface area contributed by atoms with Gasteiger partial charge in [0.05, 0.1) is 5.60 Å². The molecule has 0 fully saturated rings. The van der Waals surface area contributed by atoms with Crippen LogP contribution in [-0.4, -0.2) is 10.7 Å². The summed E-state index contributed by atoms with van der Waals surface area (Å²) in [7, 11) is 0. The Morgan fingerprint density at radius 1 is 0.478 bits per heavy atom. The zero-order valence-electron chi connectivity index (χ0n) is 13.2. The third-order valence-corrected chi connectivity index (χ3v) is 4.13. The molecule has 0 heterocycles. The van der Waals surface area contributed by atoms with Crippen LogP contribution in [0.4, 0.5) is 0 Å². The van der Waals surface area contributed by atoms with Crippen LogP contribution in [0.15, 0.2) is 91.0 Å². The van der Waals surface area contributed by atoms with Crippen molar-refractivity contribution in [3.05, 3.63) is 108 Å². The van der Waals surface area contributed by atoms with Gasteiger partial charge in [0, 0.05) is 19.3 Å². The van der Waals surface area contributed by atoms with E-state index in [2.05, 4.69) is 36.4 Å². The van der Waals surface area contributed by atoms with Gasteiger partial charge < -0.3 is 5.11 Å². The molecule has 116 valence electrons. The summed E-state index contributed by atoms with van der Waals surface area (Å²) in [6.45, 7) is 0. The minimum Gasteiger partial charge on any atom is -0.389 e.